The molecule has 4 nitrogen and oxygen atoms in total. The van der Waals surface area contributed by atoms with Gasteiger partial charge in [0, 0.05) is 38.4 Å². The van der Waals surface area contributed by atoms with Crippen molar-refractivity contribution in [1.29, 1.82) is 0 Å². The van der Waals surface area contributed by atoms with E-state index in [4.69, 9.17) is 0 Å². The van der Waals surface area contributed by atoms with Gasteiger partial charge in [-0.1, -0.05) is 48.0 Å². The summed E-state index contributed by atoms with van der Waals surface area (Å²) in [4.78, 5) is 17.4. The van der Waals surface area contributed by atoms with E-state index < -0.39 is 0 Å². The Morgan fingerprint density at radius 3 is 2.46 bits per heavy atom. The van der Waals surface area contributed by atoms with Crippen molar-refractivity contribution >= 4 is 11.6 Å². The molecule has 3 rings (SSSR count). The summed E-state index contributed by atoms with van der Waals surface area (Å²) < 4.78 is 0. The van der Waals surface area contributed by atoms with Crippen LogP contribution in [0.25, 0.3) is 0 Å². The number of nitrogens with one attached hydrogen (secondary N) is 1. The molecular weight excluding hydrogens is 322 g/mol. The average molecular weight is 351 g/mol. The summed E-state index contributed by atoms with van der Waals surface area (Å²) in [5, 5.41) is 3.07. The smallest absolute Gasteiger partial charge is 0.241 e. The number of nitrogens with zero attached hydrogens (tertiary/aromatic N) is 2. The number of carbonyl (C=O) groups is 1. The van der Waals surface area contributed by atoms with Crippen molar-refractivity contribution in [3.05, 3.63) is 65.2 Å². The Morgan fingerprint density at radius 1 is 1.04 bits per heavy atom. The normalized spacial score (nSPS) is 17.0. The number of benzene rings is 2. The van der Waals surface area contributed by atoms with Crippen LogP contribution in [0.15, 0.2) is 48.5 Å². The first kappa shape index (κ1) is 18.6. The van der Waals surface area contributed by atoms with Crippen molar-refractivity contribution in [2.24, 2.45) is 0 Å². The number of aryl methyl sites for hydroxylation is 2. The first-order valence-corrected chi connectivity index (χ1v) is 9.41. The molecule has 1 heterocycles. The molecule has 1 atom stereocenters. The first-order chi connectivity index (χ1) is 12.5. The van der Waals surface area contributed by atoms with E-state index in [1.165, 1.54) is 11.1 Å². The summed E-state index contributed by atoms with van der Waals surface area (Å²) in [5.74, 6) is 0.0754. The molecule has 2 aromatic rings. The monoisotopic (exact) mass is 351 g/mol. The van der Waals surface area contributed by atoms with Gasteiger partial charge >= 0.3 is 0 Å². The van der Waals surface area contributed by atoms with E-state index in [0.717, 1.165) is 44.0 Å². The molecule has 1 aliphatic rings. The van der Waals surface area contributed by atoms with Crippen molar-refractivity contribution in [3.8, 4) is 0 Å². The van der Waals surface area contributed by atoms with Crippen LogP contribution in [0.3, 0.4) is 0 Å². The van der Waals surface area contributed by atoms with Gasteiger partial charge in [-0.15, -0.1) is 0 Å². The maximum atomic E-state index is 12.6. The predicted octanol–water partition coefficient (Wildman–Crippen LogP) is 3.45. The number of para-hydroxylation sites is 1. The van der Waals surface area contributed by atoms with Gasteiger partial charge in [0.25, 0.3) is 0 Å². The molecule has 1 fully saturated rings. The number of anilines is 1. The number of amides is 1. The third-order valence-corrected chi connectivity index (χ3v) is 5.23. The second-order valence-electron chi connectivity index (χ2n) is 7.28. The minimum atomic E-state index is -0.115. The highest BCUT2D eigenvalue weighted by Crippen LogP contribution is 2.16. The van der Waals surface area contributed by atoms with Crippen LogP contribution < -0.4 is 5.32 Å². The van der Waals surface area contributed by atoms with Gasteiger partial charge in [-0.25, -0.2) is 0 Å². The maximum absolute atomic E-state index is 12.6. The van der Waals surface area contributed by atoms with Gasteiger partial charge in [-0.3, -0.25) is 14.6 Å². The summed E-state index contributed by atoms with van der Waals surface area (Å²) in [7, 11) is 0. The third-order valence-electron chi connectivity index (χ3n) is 5.23. The fraction of sp³-hybridized carbons (Fsp3) is 0.409. The minimum absolute atomic E-state index is 0.0754. The fourth-order valence-electron chi connectivity index (χ4n) is 3.49. The molecule has 1 saturated heterocycles. The van der Waals surface area contributed by atoms with Gasteiger partial charge < -0.3 is 5.32 Å². The van der Waals surface area contributed by atoms with Crippen molar-refractivity contribution in [1.82, 2.24) is 9.80 Å². The molecular formula is C22H29N3O. The van der Waals surface area contributed by atoms with Crippen LogP contribution in [0.5, 0.6) is 0 Å². The molecule has 0 aliphatic carbocycles. The third kappa shape index (κ3) is 4.71. The SMILES string of the molecule is Cc1cccc(CN2CCN(C(C)C(=O)Nc3ccccc3C)CC2)c1. The predicted molar refractivity (Wildman–Crippen MR) is 107 cm³/mol. The van der Waals surface area contributed by atoms with Crippen LogP contribution in [-0.4, -0.2) is 47.9 Å². The molecule has 1 N–H and O–H groups in total. The van der Waals surface area contributed by atoms with Crippen molar-refractivity contribution in [3.63, 3.8) is 0 Å². The van der Waals surface area contributed by atoms with Crippen molar-refractivity contribution < 1.29 is 4.79 Å². The summed E-state index contributed by atoms with van der Waals surface area (Å²) >= 11 is 0. The van der Waals surface area contributed by atoms with Crippen LogP contribution in [-0.2, 0) is 11.3 Å². The lowest BCUT2D eigenvalue weighted by molar-refractivity contribution is -0.121. The van der Waals surface area contributed by atoms with Gasteiger partial charge in [0.15, 0.2) is 0 Å². The second kappa shape index (κ2) is 8.47. The lowest BCUT2D eigenvalue weighted by atomic mass is 10.1. The zero-order valence-electron chi connectivity index (χ0n) is 16.0. The standard InChI is InChI=1S/C22H29N3O/c1-17-7-6-9-20(15-17)16-24-11-13-25(14-12-24)19(3)22(26)23-21-10-5-4-8-18(21)2/h4-10,15,19H,11-14,16H2,1-3H3,(H,23,26). The van der Waals surface area contributed by atoms with E-state index in [1.807, 2.05) is 38.1 Å². The van der Waals surface area contributed by atoms with Crippen molar-refractivity contribution in [2.45, 2.75) is 33.4 Å². The molecule has 26 heavy (non-hydrogen) atoms. The van der Waals surface area contributed by atoms with Gasteiger partial charge in [-0.2, -0.15) is 0 Å². The molecule has 2 aromatic carbocycles. The quantitative estimate of drug-likeness (QED) is 0.896. The Balaban J connectivity index is 1.51. The van der Waals surface area contributed by atoms with Gasteiger partial charge in [-0.05, 0) is 38.0 Å². The fourth-order valence-corrected chi connectivity index (χ4v) is 3.49. The first-order valence-electron chi connectivity index (χ1n) is 9.41. The molecule has 0 saturated carbocycles. The summed E-state index contributed by atoms with van der Waals surface area (Å²) in [6.45, 7) is 11.0. The Bertz CT molecular complexity index is 751. The van der Waals surface area contributed by atoms with E-state index in [0.29, 0.717) is 0 Å². The Labute approximate surface area is 156 Å². The van der Waals surface area contributed by atoms with Gasteiger partial charge in [0.05, 0.1) is 6.04 Å². The molecule has 1 amide bonds. The van der Waals surface area contributed by atoms with Crippen LogP contribution in [0.1, 0.15) is 23.6 Å². The molecule has 4 heteroatoms. The Kier molecular flexibility index (Phi) is 6.07. The highest BCUT2D eigenvalue weighted by atomic mass is 16.2. The molecule has 1 aliphatic heterocycles. The maximum Gasteiger partial charge on any atom is 0.241 e. The molecule has 138 valence electrons. The van der Waals surface area contributed by atoms with Gasteiger partial charge in [0.1, 0.15) is 0 Å². The van der Waals surface area contributed by atoms with E-state index in [2.05, 4.69) is 46.3 Å². The molecule has 1 unspecified atom stereocenters. The number of carbonyl (C=O) groups excluding carboxylic acids is 1. The summed E-state index contributed by atoms with van der Waals surface area (Å²) in [6, 6.07) is 16.5. The molecule has 0 radical (unpaired) electrons. The minimum Gasteiger partial charge on any atom is -0.324 e. The summed E-state index contributed by atoms with van der Waals surface area (Å²) in [5.41, 5.74) is 4.67. The van der Waals surface area contributed by atoms with Gasteiger partial charge in [0.2, 0.25) is 5.91 Å². The summed E-state index contributed by atoms with van der Waals surface area (Å²) in [6.07, 6.45) is 0. The molecule has 0 spiro atoms. The lowest BCUT2D eigenvalue weighted by Gasteiger charge is -2.37. The Morgan fingerprint density at radius 2 is 1.77 bits per heavy atom. The highest BCUT2D eigenvalue weighted by Gasteiger charge is 2.25. The van der Waals surface area contributed by atoms with E-state index >= 15 is 0 Å². The van der Waals surface area contributed by atoms with E-state index in [1.54, 1.807) is 0 Å². The average Bonchev–Trinajstić information content (AvgIpc) is 2.64. The zero-order valence-corrected chi connectivity index (χ0v) is 16.0. The van der Waals surface area contributed by atoms with Crippen molar-refractivity contribution in [2.75, 3.05) is 31.5 Å². The Hall–Kier alpha value is -2.17. The van der Waals surface area contributed by atoms with Crippen LogP contribution in [0, 0.1) is 13.8 Å². The number of rotatable bonds is 5. The number of hydrogen-bond donors (Lipinski definition) is 1. The van der Waals surface area contributed by atoms with Crippen LogP contribution >= 0.6 is 0 Å². The molecule has 0 aromatic heterocycles. The zero-order chi connectivity index (χ0) is 18.5. The van der Waals surface area contributed by atoms with Crippen LogP contribution in [0.2, 0.25) is 0 Å². The number of hydrogen-bond acceptors (Lipinski definition) is 3. The largest absolute Gasteiger partial charge is 0.324 e. The molecule has 0 bridgehead atoms. The highest BCUT2D eigenvalue weighted by molar-refractivity contribution is 5.95. The van der Waals surface area contributed by atoms with Crippen LogP contribution in [0.4, 0.5) is 5.69 Å². The van der Waals surface area contributed by atoms with E-state index in [-0.39, 0.29) is 11.9 Å². The second-order valence-corrected chi connectivity index (χ2v) is 7.28. The topological polar surface area (TPSA) is 35.6 Å². The number of piperazine rings is 1. The van der Waals surface area contributed by atoms with E-state index in [9.17, 15) is 4.79 Å². The lowest BCUT2D eigenvalue weighted by Crippen LogP contribution is -2.52.